The monoisotopic (exact) mass is 286 g/mol. The summed E-state index contributed by atoms with van der Waals surface area (Å²) in [5, 5.41) is 14.7. The summed E-state index contributed by atoms with van der Waals surface area (Å²) in [6.07, 6.45) is 0.304. The van der Waals surface area contributed by atoms with Gasteiger partial charge < -0.3 is 5.11 Å². The summed E-state index contributed by atoms with van der Waals surface area (Å²) in [7, 11) is 0. The zero-order chi connectivity index (χ0) is 15.6. The predicted molar refractivity (Wildman–Crippen MR) is 86.6 cm³/mol. The van der Waals surface area contributed by atoms with Gasteiger partial charge in [-0.15, -0.1) is 0 Å². The second-order valence-electron chi connectivity index (χ2n) is 6.06. The van der Waals surface area contributed by atoms with Crippen LogP contribution in [0.3, 0.4) is 0 Å². The molecule has 3 heteroatoms. The van der Waals surface area contributed by atoms with E-state index in [1.807, 2.05) is 25.5 Å². The van der Waals surface area contributed by atoms with Gasteiger partial charge in [0.2, 0.25) is 0 Å². The third-order valence-corrected chi connectivity index (χ3v) is 4.14. The van der Waals surface area contributed by atoms with E-state index in [4.69, 9.17) is 0 Å². The highest BCUT2D eigenvalue weighted by atomic mass is 16.3. The zero-order valence-corrected chi connectivity index (χ0v) is 13.7. The number of aromatic nitrogens is 2. The number of aliphatic hydroxyl groups excluding tert-OH is 1. The molecule has 0 saturated heterocycles. The molecule has 1 unspecified atom stereocenters. The SMILES string of the molecule is CCC(O)c1c(C)nn(Cc2ccc(C(C)C)cc2)c1C. The topological polar surface area (TPSA) is 38.1 Å². The lowest BCUT2D eigenvalue weighted by molar-refractivity contribution is 0.172. The second-order valence-corrected chi connectivity index (χ2v) is 6.06. The van der Waals surface area contributed by atoms with E-state index in [0.29, 0.717) is 5.92 Å². The zero-order valence-electron chi connectivity index (χ0n) is 13.7. The quantitative estimate of drug-likeness (QED) is 0.898. The number of aryl methyl sites for hydroxylation is 1. The molecular formula is C18H26N2O. The van der Waals surface area contributed by atoms with E-state index in [1.165, 1.54) is 11.1 Å². The number of nitrogens with zero attached hydrogens (tertiary/aromatic N) is 2. The number of hydrogen-bond donors (Lipinski definition) is 1. The van der Waals surface area contributed by atoms with Gasteiger partial charge in [-0.05, 0) is 37.3 Å². The van der Waals surface area contributed by atoms with Crippen LogP contribution in [0.25, 0.3) is 0 Å². The Morgan fingerprint density at radius 3 is 2.29 bits per heavy atom. The van der Waals surface area contributed by atoms with Crippen molar-refractivity contribution < 1.29 is 5.11 Å². The van der Waals surface area contributed by atoms with Crippen LogP contribution >= 0.6 is 0 Å². The molecule has 2 aromatic rings. The summed E-state index contributed by atoms with van der Waals surface area (Å²) in [5.74, 6) is 0.555. The Labute approximate surface area is 127 Å². The van der Waals surface area contributed by atoms with Crippen molar-refractivity contribution in [3.8, 4) is 0 Å². The van der Waals surface area contributed by atoms with Crippen LogP contribution in [0.15, 0.2) is 24.3 Å². The average molecular weight is 286 g/mol. The molecule has 0 saturated carbocycles. The molecule has 3 nitrogen and oxygen atoms in total. The van der Waals surface area contributed by atoms with Gasteiger partial charge in [-0.3, -0.25) is 4.68 Å². The minimum Gasteiger partial charge on any atom is -0.388 e. The standard InChI is InChI=1S/C18H26N2O/c1-6-17(21)18-13(4)19-20(14(18)5)11-15-7-9-16(10-8-15)12(2)3/h7-10,12,17,21H,6,11H2,1-5H3. The molecule has 1 atom stereocenters. The molecule has 0 radical (unpaired) electrons. The maximum Gasteiger partial charge on any atom is 0.0823 e. The van der Waals surface area contributed by atoms with Crippen molar-refractivity contribution in [3.05, 3.63) is 52.3 Å². The van der Waals surface area contributed by atoms with Crippen molar-refractivity contribution in [1.82, 2.24) is 9.78 Å². The molecule has 0 aliphatic heterocycles. The maximum absolute atomic E-state index is 10.1. The Morgan fingerprint density at radius 1 is 1.14 bits per heavy atom. The van der Waals surface area contributed by atoms with Gasteiger partial charge >= 0.3 is 0 Å². The molecule has 0 amide bonds. The highest BCUT2D eigenvalue weighted by Crippen LogP contribution is 2.24. The first kappa shape index (κ1) is 15.8. The third kappa shape index (κ3) is 3.35. The number of benzene rings is 1. The lowest BCUT2D eigenvalue weighted by Crippen LogP contribution is -2.05. The lowest BCUT2D eigenvalue weighted by Gasteiger charge is -2.10. The fourth-order valence-corrected chi connectivity index (χ4v) is 2.73. The van der Waals surface area contributed by atoms with Crippen LogP contribution in [-0.2, 0) is 6.54 Å². The van der Waals surface area contributed by atoms with Crippen LogP contribution in [-0.4, -0.2) is 14.9 Å². The molecule has 1 N–H and O–H groups in total. The highest BCUT2D eigenvalue weighted by molar-refractivity contribution is 5.29. The molecule has 0 spiro atoms. The van der Waals surface area contributed by atoms with E-state index in [2.05, 4.69) is 43.2 Å². The van der Waals surface area contributed by atoms with E-state index >= 15 is 0 Å². The minimum atomic E-state index is -0.415. The summed E-state index contributed by atoms with van der Waals surface area (Å²) in [5.41, 5.74) is 5.57. The third-order valence-electron chi connectivity index (χ3n) is 4.14. The van der Waals surface area contributed by atoms with Crippen molar-refractivity contribution in [3.63, 3.8) is 0 Å². The highest BCUT2D eigenvalue weighted by Gasteiger charge is 2.17. The first-order chi connectivity index (χ1) is 9.93. The predicted octanol–water partition coefficient (Wildman–Crippen LogP) is 4.12. The molecule has 1 heterocycles. The van der Waals surface area contributed by atoms with Gasteiger partial charge in [0, 0.05) is 11.3 Å². The summed E-state index contributed by atoms with van der Waals surface area (Å²) in [4.78, 5) is 0. The Hall–Kier alpha value is -1.61. The number of aliphatic hydroxyl groups is 1. The summed E-state index contributed by atoms with van der Waals surface area (Å²) in [6.45, 7) is 11.2. The van der Waals surface area contributed by atoms with Crippen molar-refractivity contribution in [2.24, 2.45) is 0 Å². The summed E-state index contributed by atoms with van der Waals surface area (Å²) < 4.78 is 1.99. The maximum atomic E-state index is 10.1. The molecule has 114 valence electrons. The number of rotatable bonds is 5. The van der Waals surface area contributed by atoms with E-state index in [9.17, 15) is 5.11 Å². The first-order valence-corrected chi connectivity index (χ1v) is 7.74. The molecule has 0 aliphatic rings. The van der Waals surface area contributed by atoms with E-state index in [1.54, 1.807) is 0 Å². The fraction of sp³-hybridized carbons (Fsp3) is 0.500. The van der Waals surface area contributed by atoms with Crippen LogP contribution in [0.1, 0.15) is 67.3 Å². The molecule has 2 rings (SSSR count). The fourth-order valence-electron chi connectivity index (χ4n) is 2.73. The molecule has 1 aromatic heterocycles. The first-order valence-electron chi connectivity index (χ1n) is 7.74. The molecule has 0 aliphatic carbocycles. The Morgan fingerprint density at radius 2 is 1.76 bits per heavy atom. The van der Waals surface area contributed by atoms with E-state index in [-0.39, 0.29) is 0 Å². The van der Waals surface area contributed by atoms with Crippen molar-refractivity contribution >= 4 is 0 Å². The smallest absolute Gasteiger partial charge is 0.0823 e. The van der Waals surface area contributed by atoms with E-state index < -0.39 is 6.10 Å². The van der Waals surface area contributed by atoms with Gasteiger partial charge in [-0.1, -0.05) is 45.0 Å². The van der Waals surface area contributed by atoms with Gasteiger partial charge in [-0.25, -0.2) is 0 Å². The molecular weight excluding hydrogens is 260 g/mol. The van der Waals surface area contributed by atoms with Gasteiger partial charge in [0.25, 0.3) is 0 Å². The average Bonchev–Trinajstić information content (AvgIpc) is 2.73. The minimum absolute atomic E-state index is 0.415. The van der Waals surface area contributed by atoms with Crippen molar-refractivity contribution in [2.45, 2.75) is 59.6 Å². The van der Waals surface area contributed by atoms with Crippen molar-refractivity contribution in [2.75, 3.05) is 0 Å². The second kappa shape index (κ2) is 6.44. The van der Waals surface area contributed by atoms with Gasteiger partial charge in [0.15, 0.2) is 0 Å². The van der Waals surface area contributed by atoms with Gasteiger partial charge in [0.1, 0.15) is 0 Å². The normalized spacial score (nSPS) is 12.9. The lowest BCUT2D eigenvalue weighted by atomic mass is 10.0. The van der Waals surface area contributed by atoms with Crippen LogP contribution in [0.5, 0.6) is 0 Å². The number of hydrogen-bond acceptors (Lipinski definition) is 2. The Balaban J connectivity index is 2.24. The van der Waals surface area contributed by atoms with Crippen LogP contribution in [0.2, 0.25) is 0 Å². The van der Waals surface area contributed by atoms with Crippen LogP contribution in [0.4, 0.5) is 0 Å². The Bertz CT molecular complexity index is 596. The Kier molecular flexibility index (Phi) is 4.84. The van der Waals surface area contributed by atoms with Crippen LogP contribution in [0, 0.1) is 13.8 Å². The largest absolute Gasteiger partial charge is 0.388 e. The van der Waals surface area contributed by atoms with Gasteiger partial charge in [0.05, 0.1) is 18.3 Å². The molecule has 21 heavy (non-hydrogen) atoms. The van der Waals surface area contributed by atoms with E-state index in [0.717, 1.165) is 29.9 Å². The van der Waals surface area contributed by atoms with Crippen LogP contribution < -0.4 is 0 Å². The summed E-state index contributed by atoms with van der Waals surface area (Å²) in [6, 6.07) is 8.71. The molecule has 1 aromatic carbocycles. The molecule has 0 fully saturated rings. The summed E-state index contributed by atoms with van der Waals surface area (Å²) >= 11 is 0. The van der Waals surface area contributed by atoms with Gasteiger partial charge in [-0.2, -0.15) is 5.10 Å². The van der Waals surface area contributed by atoms with Crippen molar-refractivity contribution in [1.29, 1.82) is 0 Å². The molecule has 0 bridgehead atoms.